The number of rotatable bonds is 4. The predicted molar refractivity (Wildman–Crippen MR) is 88.6 cm³/mol. The van der Waals surface area contributed by atoms with E-state index in [0.717, 1.165) is 10.4 Å². The number of hydrogen-bond donors (Lipinski definition) is 3. The summed E-state index contributed by atoms with van der Waals surface area (Å²) in [5, 5.41) is 17.5. The summed E-state index contributed by atoms with van der Waals surface area (Å²) in [7, 11) is 0. The molecule has 1 aromatic heterocycles. The van der Waals surface area contributed by atoms with E-state index in [2.05, 4.69) is 22.5 Å². The van der Waals surface area contributed by atoms with Gasteiger partial charge >= 0.3 is 6.03 Å². The molecule has 0 aliphatic rings. The minimum absolute atomic E-state index is 0.144. The Morgan fingerprint density at radius 2 is 2.00 bits per heavy atom. The first-order chi connectivity index (χ1) is 10.6. The number of benzene rings is 1. The standard InChI is InChI=1S/C17H18N2O2S/c1-17(21,15-10-6-12-22-15)13-19-16(20)18-11-5-9-14-7-3-2-4-8-14/h2-4,6-8,10,12,21H,11,13H2,1H3,(H2,18,19,20). The van der Waals surface area contributed by atoms with Crippen molar-refractivity contribution < 1.29 is 9.90 Å². The molecule has 0 spiro atoms. The third-order valence-electron chi connectivity index (χ3n) is 2.99. The average Bonchev–Trinajstić information content (AvgIpc) is 3.06. The van der Waals surface area contributed by atoms with E-state index < -0.39 is 5.60 Å². The zero-order valence-corrected chi connectivity index (χ0v) is 13.1. The Morgan fingerprint density at radius 3 is 2.68 bits per heavy atom. The zero-order valence-electron chi connectivity index (χ0n) is 12.3. The van der Waals surface area contributed by atoms with E-state index >= 15 is 0 Å². The van der Waals surface area contributed by atoms with Gasteiger partial charge in [-0.15, -0.1) is 11.3 Å². The minimum atomic E-state index is -1.07. The van der Waals surface area contributed by atoms with Gasteiger partial charge in [0.25, 0.3) is 0 Å². The monoisotopic (exact) mass is 314 g/mol. The van der Waals surface area contributed by atoms with E-state index in [-0.39, 0.29) is 19.1 Å². The van der Waals surface area contributed by atoms with Gasteiger partial charge < -0.3 is 15.7 Å². The number of hydrogen-bond acceptors (Lipinski definition) is 3. The van der Waals surface area contributed by atoms with Crippen molar-refractivity contribution in [1.82, 2.24) is 10.6 Å². The van der Waals surface area contributed by atoms with E-state index in [4.69, 9.17) is 0 Å². The van der Waals surface area contributed by atoms with Crippen LogP contribution in [0.1, 0.15) is 17.4 Å². The van der Waals surface area contributed by atoms with Gasteiger partial charge in [0.2, 0.25) is 0 Å². The molecule has 1 unspecified atom stereocenters. The van der Waals surface area contributed by atoms with E-state index in [1.54, 1.807) is 6.92 Å². The Bertz CT molecular complexity index is 655. The maximum atomic E-state index is 11.7. The van der Waals surface area contributed by atoms with Crippen LogP contribution in [-0.2, 0) is 5.60 Å². The Kier molecular flexibility index (Phi) is 5.59. The van der Waals surface area contributed by atoms with Gasteiger partial charge in [-0.25, -0.2) is 4.79 Å². The van der Waals surface area contributed by atoms with Crippen molar-refractivity contribution in [3.8, 4) is 11.8 Å². The number of amides is 2. The summed E-state index contributed by atoms with van der Waals surface area (Å²) < 4.78 is 0. The second kappa shape index (κ2) is 7.64. The predicted octanol–water partition coefficient (Wildman–Crippen LogP) is 2.31. The molecule has 0 bridgehead atoms. The van der Waals surface area contributed by atoms with Crippen LogP contribution >= 0.6 is 11.3 Å². The number of thiophene rings is 1. The van der Waals surface area contributed by atoms with Crippen molar-refractivity contribution in [2.24, 2.45) is 0 Å². The summed E-state index contributed by atoms with van der Waals surface area (Å²) >= 11 is 1.46. The number of carbonyl (C=O) groups is 1. The Hall–Kier alpha value is -2.29. The fraction of sp³-hybridized carbons (Fsp3) is 0.235. The number of carbonyl (C=O) groups excluding carboxylic acids is 1. The Morgan fingerprint density at radius 1 is 1.23 bits per heavy atom. The summed E-state index contributed by atoms with van der Waals surface area (Å²) in [4.78, 5) is 12.5. The summed E-state index contributed by atoms with van der Waals surface area (Å²) in [5.41, 5.74) is -0.161. The second-order valence-corrected chi connectivity index (χ2v) is 5.90. The molecule has 1 aromatic carbocycles. The number of nitrogens with one attached hydrogen (secondary N) is 2. The Labute approximate surface area is 134 Å². The molecule has 1 heterocycles. The second-order valence-electron chi connectivity index (χ2n) is 4.96. The van der Waals surface area contributed by atoms with E-state index in [9.17, 15) is 9.90 Å². The van der Waals surface area contributed by atoms with E-state index in [1.165, 1.54) is 11.3 Å². The number of aliphatic hydroxyl groups is 1. The largest absolute Gasteiger partial charge is 0.383 e. The smallest absolute Gasteiger partial charge is 0.315 e. The first-order valence-corrected chi connectivity index (χ1v) is 7.78. The molecule has 0 aliphatic heterocycles. The zero-order chi connectivity index (χ0) is 15.8. The lowest BCUT2D eigenvalue weighted by Crippen LogP contribution is -2.43. The molecule has 2 aromatic rings. The van der Waals surface area contributed by atoms with E-state index in [1.807, 2.05) is 47.8 Å². The molecule has 0 saturated carbocycles. The highest BCUT2D eigenvalue weighted by atomic mass is 32.1. The van der Waals surface area contributed by atoms with Crippen molar-refractivity contribution in [3.05, 3.63) is 58.3 Å². The van der Waals surface area contributed by atoms with Gasteiger partial charge in [-0.3, -0.25) is 0 Å². The molecule has 5 heteroatoms. The Balaban J connectivity index is 1.74. The molecule has 0 radical (unpaired) electrons. The summed E-state index contributed by atoms with van der Waals surface area (Å²) in [6.07, 6.45) is 0. The highest BCUT2D eigenvalue weighted by Crippen LogP contribution is 2.24. The van der Waals surface area contributed by atoms with Crippen molar-refractivity contribution in [2.75, 3.05) is 13.1 Å². The van der Waals surface area contributed by atoms with Gasteiger partial charge in [0.1, 0.15) is 5.60 Å². The molecule has 1 atom stereocenters. The molecule has 2 rings (SSSR count). The van der Waals surface area contributed by atoms with Gasteiger partial charge in [0.15, 0.2) is 0 Å². The van der Waals surface area contributed by atoms with Gasteiger partial charge in [-0.1, -0.05) is 36.1 Å². The van der Waals surface area contributed by atoms with Gasteiger partial charge in [-0.05, 0) is 30.5 Å². The van der Waals surface area contributed by atoms with Crippen LogP contribution in [0.4, 0.5) is 4.79 Å². The topological polar surface area (TPSA) is 61.4 Å². The fourth-order valence-corrected chi connectivity index (χ4v) is 2.57. The highest BCUT2D eigenvalue weighted by Gasteiger charge is 2.24. The quantitative estimate of drug-likeness (QED) is 0.758. The van der Waals surface area contributed by atoms with Crippen LogP contribution in [0.25, 0.3) is 0 Å². The third-order valence-corrected chi connectivity index (χ3v) is 4.11. The minimum Gasteiger partial charge on any atom is -0.383 e. The van der Waals surface area contributed by atoms with Gasteiger partial charge in [-0.2, -0.15) is 0 Å². The van der Waals surface area contributed by atoms with Gasteiger partial charge in [0.05, 0.1) is 13.1 Å². The maximum Gasteiger partial charge on any atom is 0.315 e. The highest BCUT2D eigenvalue weighted by molar-refractivity contribution is 7.10. The van der Waals surface area contributed by atoms with Crippen LogP contribution in [0.5, 0.6) is 0 Å². The molecule has 0 aliphatic carbocycles. The van der Waals surface area contributed by atoms with Crippen molar-refractivity contribution in [2.45, 2.75) is 12.5 Å². The van der Waals surface area contributed by atoms with Crippen molar-refractivity contribution in [1.29, 1.82) is 0 Å². The van der Waals surface area contributed by atoms with Crippen LogP contribution in [0, 0.1) is 11.8 Å². The molecule has 4 nitrogen and oxygen atoms in total. The van der Waals surface area contributed by atoms with Crippen LogP contribution in [0.15, 0.2) is 47.8 Å². The fourth-order valence-electron chi connectivity index (χ4n) is 1.78. The van der Waals surface area contributed by atoms with Crippen LogP contribution in [-0.4, -0.2) is 24.2 Å². The van der Waals surface area contributed by atoms with E-state index in [0.29, 0.717) is 0 Å². The molecule has 0 fully saturated rings. The van der Waals surface area contributed by atoms with Crippen LogP contribution < -0.4 is 10.6 Å². The van der Waals surface area contributed by atoms with Gasteiger partial charge in [0, 0.05) is 10.4 Å². The van der Waals surface area contributed by atoms with Crippen molar-refractivity contribution in [3.63, 3.8) is 0 Å². The normalized spacial score (nSPS) is 12.6. The summed E-state index contributed by atoms with van der Waals surface area (Å²) in [6.45, 7) is 2.07. The average molecular weight is 314 g/mol. The molecule has 2 amide bonds. The third kappa shape index (κ3) is 4.92. The molecular formula is C17H18N2O2S. The lowest BCUT2D eigenvalue weighted by Gasteiger charge is -2.22. The first kappa shape index (κ1) is 16.1. The molecule has 3 N–H and O–H groups in total. The lowest BCUT2D eigenvalue weighted by atomic mass is 10.1. The molecule has 22 heavy (non-hydrogen) atoms. The lowest BCUT2D eigenvalue weighted by molar-refractivity contribution is 0.0632. The van der Waals surface area contributed by atoms with Crippen molar-refractivity contribution >= 4 is 17.4 Å². The maximum absolute atomic E-state index is 11.7. The SMILES string of the molecule is CC(O)(CNC(=O)NCC#Cc1ccccc1)c1cccs1. The van der Waals surface area contributed by atoms with Crippen LogP contribution in [0.3, 0.4) is 0 Å². The first-order valence-electron chi connectivity index (χ1n) is 6.90. The summed E-state index contributed by atoms with van der Waals surface area (Å²) in [5.74, 6) is 5.83. The molecule has 114 valence electrons. The number of urea groups is 1. The van der Waals surface area contributed by atoms with Crippen LogP contribution in [0.2, 0.25) is 0 Å². The molecular weight excluding hydrogens is 296 g/mol. The molecule has 0 saturated heterocycles. The summed E-state index contributed by atoms with van der Waals surface area (Å²) in [6, 6.07) is 12.9.